The number of carbonyl (C=O) groups is 1. The minimum Gasteiger partial charge on any atom is -0.387 e. The average molecular weight is 298 g/mol. The van der Waals surface area contributed by atoms with E-state index < -0.39 is 12.1 Å². The summed E-state index contributed by atoms with van der Waals surface area (Å²) in [7, 11) is 0. The summed E-state index contributed by atoms with van der Waals surface area (Å²) < 4.78 is 0. The minimum atomic E-state index is -0.805. The molecule has 5 nitrogen and oxygen atoms in total. The smallest absolute Gasteiger partial charge is 0.321 e. The van der Waals surface area contributed by atoms with Crippen LogP contribution in [0.3, 0.4) is 0 Å². The van der Waals surface area contributed by atoms with Crippen LogP contribution >= 0.6 is 22.9 Å². The molecular formula is C12H12ClN3O2S. The summed E-state index contributed by atoms with van der Waals surface area (Å²) in [5.41, 5.74) is 0.655. The van der Waals surface area contributed by atoms with Gasteiger partial charge < -0.3 is 10.4 Å². The van der Waals surface area contributed by atoms with E-state index >= 15 is 0 Å². The Kier molecular flexibility index (Phi) is 4.73. The van der Waals surface area contributed by atoms with Gasteiger partial charge in [0.05, 0.1) is 6.10 Å². The van der Waals surface area contributed by atoms with Crippen LogP contribution < -0.4 is 10.6 Å². The molecule has 19 heavy (non-hydrogen) atoms. The fourth-order valence-corrected chi connectivity index (χ4v) is 2.17. The summed E-state index contributed by atoms with van der Waals surface area (Å²) in [6, 6.07) is 6.47. The molecule has 0 aliphatic carbocycles. The molecule has 2 aromatic rings. The first-order valence-corrected chi connectivity index (χ1v) is 6.79. The number of carbonyl (C=O) groups excluding carboxylic acids is 1. The molecule has 100 valence electrons. The van der Waals surface area contributed by atoms with Crippen molar-refractivity contribution < 1.29 is 9.90 Å². The van der Waals surface area contributed by atoms with Gasteiger partial charge in [0, 0.05) is 23.1 Å². The van der Waals surface area contributed by atoms with Crippen molar-refractivity contribution >= 4 is 34.1 Å². The number of hydrogen-bond donors (Lipinski definition) is 3. The lowest BCUT2D eigenvalue weighted by atomic mass is 10.1. The molecule has 0 saturated heterocycles. The van der Waals surface area contributed by atoms with Crippen molar-refractivity contribution in [2.24, 2.45) is 0 Å². The van der Waals surface area contributed by atoms with Crippen LogP contribution in [-0.4, -0.2) is 22.7 Å². The van der Waals surface area contributed by atoms with Crippen LogP contribution in [0.25, 0.3) is 0 Å². The monoisotopic (exact) mass is 297 g/mol. The third-order valence-electron chi connectivity index (χ3n) is 2.34. The van der Waals surface area contributed by atoms with Crippen molar-refractivity contribution in [3.05, 3.63) is 46.4 Å². The van der Waals surface area contributed by atoms with E-state index in [0.717, 1.165) is 0 Å². The molecule has 0 aliphatic heterocycles. The number of halogens is 1. The molecule has 0 fully saturated rings. The van der Waals surface area contributed by atoms with Gasteiger partial charge in [0.2, 0.25) is 0 Å². The van der Waals surface area contributed by atoms with Crippen LogP contribution in [-0.2, 0) is 0 Å². The highest BCUT2D eigenvalue weighted by Crippen LogP contribution is 2.17. The normalized spacial score (nSPS) is 11.9. The maximum atomic E-state index is 11.5. The first-order valence-electron chi connectivity index (χ1n) is 5.53. The zero-order chi connectivity index (χ0) is 13.7. The average Bonchev–Trinajstić information content (AvgIpc) is 2.88. The van der Waals surface area contributed by atoms with Gasteiger partial charge in [-0.2, -0.15) is 0 Å². The number of benzene rings is 1. The number of aromatic nitrogens is 1. The van der Waals surface area contributed by atoms with Crippen molar-refractivity contribution in [2.45, 2.75) is 6.10 Å². The second-order valence-corrected chi connectivity index (χ2v) is 5.07. The Morgan fingerprint density at radius 2 is 2.37 bits per heavy atom. The molecule has 3 N–H and O–H groups in total. The van der Waals surface area contributed by atoms with Crippen molar-refractivity contribution in [3.63, 3.8) is 0 Å². The lowest BCUT2D eigenvalue weighted by Gasteiger charge is -2.12. The molecule has 2 rings (SSSR count). The van der Waals surface area contributed by atoms with Crippen LogP contribution in [0.1, 0.15) is 11.7 Å². The van der Waals surface area contributed by atoms with Gasteiger partial charge in [-0.15, -0.1) is 11.3 Å². The van der Waals surface area contributed by atoms with Crippen LogP contribution in [0, 0.1) is 0 Å². The highest BCUT2D eigenvalue weighted by molar-refractivity contribution is 7.13. The van der Waals surface area contributed by atoms with E-state index in [1.807, 2.05) is 0 Å². The summed E-state index contributed by atoms with van der Waals surface area (Å²) in [6.45, 7) is 0.0948. The number of thiazole rings is 1. The summed E-state index contributed by atoms with van der Waals surface area (Å²) >= 11 is 7.15. The predicted molar refractivity (Wildman–Crippen MR) is 75.5 cm³/mol. The Bertz CT molecular complexity index is 548. The number of rotatable bonds is 4. The second kappa shape index (κ2) is 6.51. The van der Waals surface area contributed by atoms with Crippen molar-refractivity contribution in [3.8, 4) is 0 Å². The molecule has 0 radical (unpaired) electrons. The zero-order valence-corrected chi connectivity index (χ0v) is 11.4. The summed E-state index contributed by atoms with van der Waals surface area (Å²) in [5, 5.41) is 17.8. The van der Waals surface area contributed by atoms with E-state index in [4.69, 9.17) is 11.6 Å². The van der Waals surface area contributed by atoms with Gasteiger partial charge in [-0.3, -0.25) is 5.32 Å². The van der Waals surface area contributed by atoms with Gasteiger partial charge >= 0.3 is 6.03 Å². The number of urea groups is 1. The van der Waals surface area contributed by atoms with Gasteiger partial charge in [-0.25, -0.2) is 9.78 Å². The van der Waals surface area contributed by atoms with Gasteiger partial charge in [-0.05, 0) is 17.7 Å². The molecule has 7 heteroatoms. The molecule has 1 atom stereocenters. The largest absolute Gasteiger partial charge is 0.387 e. The van der Waals surface area contributed by atoms with Crippen molar-refractivity contribution in [2.75, 3.05) is 11.9 Å². The molecule has 0 spiro atoms. The molecule has 0 saturated carbocycles. The topological polar surface area (TPSA) is 74.2 Å². The Balaban J connectivity index is 1.83. The van der Waals surface area contributed by atoms with E-state index in [0.29, 0.717) is 15.7 Å². The molecule has 2 amide bonds. The number of hydrogen-bond acceptors (Lipinski definition) is 4. The Morgan fingerprint density at radius 3 is 3.05 bits per heavy atom. The standard InChI is InChI=1S/C12H12ClN3O2S/c13-9-3-1-2-8(6-9)10(17)7-15-11(18)16-12-14-4-5-19-12/h1-6,10,17H,7H2,(H2,14,15,16,18)/t10-/m0/s1. The lowest BCUT2D eigenvalue weighted by molar-refractivity contribution is 0.175. The molecule has 0 aliphatic rings. The van der Waals surface area contributed by atoms with Gasteiger partial charge in [-0.1, -0.05) is 23.7 Å². The Hall–Kier alpha value is -1.63. The van der Waals surface area contributed by atoms with E-state index in [1.54, 1.807) is 35.8 Å². The van der Waals surface area contributed by atoms with E-state index in [2.05, 4.69) is 15.6 Å². The Labute approximate surface area is 119 Å². The van der Waals surface area contributed by atoms with Gasteiger partial charge in [0.15, 0.2) is 5.13 Å². The lowest BCUT2D eigenvalue weighted by Crippen LogP contribution is -2.32. The number of aliphatic hydroxyl groups is 1. The first kappa shape index (κ1) is 13.8. The van der Waals surface area contributed by atoms with E-state index in [9.17, 15) is 9.90 Å². The number of amides is 2. The Morgan fingerprint density at radius 1 is 1.53 bits per heavy atom. The van der Waals surface area contributed by atoms with Crippen molar-refractivity contribution in [1.29, 1.82) is 0 Å². The molecule has 1 aromatic carbocycles. The van der Waals surface area contributed by atoms with Gasteiger partial charge in [0.1, 0.15) is 0 Å². The molecular weight excluding hydrogens is 286 g/mol. The van der Waals surface area contributed by atoms with Gasteiger partial charge in [0.25, 0.3) is 0 Å². The summed E-state index contributed by atoms with van der Waals surface area (Å²) in [5.74, 6) is 0. The van der Waals surface area contributed by atoms with E-state index in [1.165, 1.54) is 11.3 Å². The molecule has 0 unspecified atom stereocenters. The highest BCUT2D eigenvalue weighted by Gasteiger charge is 2.10. The van der Waals surface area contributed by atoms with Crippen LogP contribution in [0.4, 0.5) is 9.93 Å². The van der Waals surface area contributed by atoms with Crippen LogP contribution in [0.15, 0.2) is 35.8 Å². The highest BCUT2D eigenvalue weighted by atomic mass is 35.5. The fraction of sp³-hybridized carbons (Fsp3) is 0.167. The summed E-state index contributed by atoms with van der Waals surface area (Å²) in [6.07, 6.45) is 0.793. The molecule has 0 bridgehead atoms. The molecule has 1 heterocycles. The maximum Gasteiger partial charge on any atom is 0.321 e. The second-order valence-electron chi connectivity index (χ2n) is 3.74. The van der Waals surface area contributed by atoms with Crippen molar-refractivity contribution in [1.82, 2.24) is 10.3 Å². The van der Waals surface area contributed by atoms with Crippen LogP contribution in [0.5, 0.6) is 0 Å². The quantitative estimate of drug-likeness (QED) is 0.812. The predicted octanol–water partition coefficient (Wildman–Crippen LogP) is 2.65. The van der Waals surface area contributed by atoms with E-state index in [-0.39, 0.29) is 6.54 Å². The third-order valence-corrected chi connectivity index (χ3v) is 3.27. The summed E-state index contributed by atoms with van der Waals surface area (Å²) in [4.78, 5) is 15.4. The number of nitrogens with zero attached hydrogens (tertiary/aromatic N) is 1. The number of nitrogens with one attached hydrogen (secondary N) is 2. The number of anilines is 1. The SMILES string of the molecule is O=C(NC[C@H](O)c1cccc(Cl)c1)Nc1nccs1. The maximum absolute atomic E-state index is 11.5. The zero-order valence-electron chi connectivity index (χ0n) is 9.84. The van der Waals surface area contributed by atoms with Crippen LogP contribution in [0.2, 0.25) is 5.02 Å². The fourth-order valence-electron chi connectivity index (χ4n) is 1.45. The minimum absolute atomic E-state index is 0.0948. The number of aliphatic hydroxyl groups excluding tert-OH is 1. The first-order chi connectivity index (χ1) is 9.15. The third kappa shape index (κ3) is 4.20. The molecule has 1 aromatic heterocycles.